The maximum absolute atomic E-state index is 6.12. The number of aromatic nitrogens is 1. The first kappa shape index (κ1) is 13.1. The fourth-order valence-corrected chi connectivity index (χ4v) is 3.09. The van der Waals surface area contributed by atoms with Crippen LogP contribution in [0.15, 0.2) is 16.7 Å². The monoisotopic (exact) mass is 317 g/mol. The number of pyridine rings is 1. The average molecular weight is 319 g/mol. The highest BCUT2D eigenvalue weighted by atomic mass is 79.9. The normalized spacial score (nSPS) is 18.3. The van der Waals surface area contributed by atoms with Gasteiger partial charge in [-0.15, -0.1) is 0 Å². The van der Waals surface area contributed by atoms with E-state index < -0.39 is 0 Å². The number of nitrogens with one attached hydrogen (secondary N) is 1. The zero-order valence-electron chi connectivity index (χ0n) is 9.68. The summed E-state index contributed by atoms with van der Waals surface area (Å²) >= 11 is 9.46. The van der Waals surface area contributed by atoms with Gasteiger partial charge in [0.25, 0.3) is 0 Å². The zero-order valence-corrected chi connectivity index (χ0v) is 12.0. The van der Waals surface area contributed by atoms with E-state index >= 15 is 0 Å². The first-order valence-corrected chi connectivity index (χ1v) is 7.07. The van der Waals surface area contributed by atoms with Gasteiger partial charge >= 0.3 is 0 Å². The molecule has 0 amide bonds. The predicted octanol–water partition coefficient (Wildman–Crippen LogP) is 3.43. The van der Waals surface area contributed by atoms with Gasteiger partial charge in [-0.2, -0.15) is 0 Å². The van der Waals surface area contributed by atoms with Crippen molar-refractivity contribution in [2.75, 3.05) is 18.4 Å². The van der Waals surface area contributed by atoms with Crippen molar-refractivity contribution in [3.05, 3.63) is 21.8 Å². The van der Waals surface area contributed by atoms with Crippen molar-refractivity contribution in [1.82, 2.24) is 4.98 Å². The van der Waals surface area contributed by atoms with Gasteiger partial charge in [0, 0.05) is 17.2 Å². The predicted molar refractivity (Wildman–Crippen MR) is 75.4 cm³/mol. The Balaban J connectivity index is 2.01. The Kier molecular flexibility index (Phi) is 4.28. The molecule has 2 rings (SSSR count). The molecule has 0 aliphatic heterocycles. The van der Waals surface area contributed by atoms with Crippen LogP contribution in [0.3, 0.4) is 0 Å². The highest BCUT2D eigenvalue weighted by Crippen LogP contribution is 2.37. The largest absolute Gasteiger partial charge is 0.368 e. The van der Waals surface area contributed by atoms with Crippen LogP contribution in [-0.4, -0.2) is 18.1 Å². The molecule has 0 unspecified atom stereocenters. The van der Waals surface area contributed by atoms with Crippen molar-refractivity contribution in [1.29, 1.82) is 0 Å². The molecule has 1 fully saturated rings. The molecular weight excluding hydrogens is 302 g/mol. The summed E-state index contributed by atoms with van der Waals surface area (Å²) < 4.78 is 0.891. The molecule has 94 valence electrons. The summed E-state index contributed by atoms with van der Waals surface area (Å²) in [7, 11) is 0. The molecule has 5 heteroatoms. The van der Waals surface area contributed by atoms with Gasteiger partial charge in [0.15, 0.2) is 0 Å². The molecule has 0 aromatic carbocycles. The van der Waals surface area contributed by atoms with Crippen molar-refractivity contribution in [3.8, 4) is 0 Å². The number of nitrogens with two attached hydrogens (primary N) is 1. The summed E-state index contributed by atoms with van der Waals surface area (Å²) in [5.41, 5.74) is 6.13. The van der Waals surface area contributed by atoms with E-state index in [0.717, 1.165) is 23.4 Å². The zero-order chi connectivity index (χ0) is 12.3. The highest BCUT2D eigenvalue weighted by molar-refractivity contribution is 9.10. The fourth-order valence-electron chi connectivity index (χ4n) is 2.39. The van der Waals surface area contributed by atoms with Gasteiger partial charge in [-0.25, -0.2) is 4.98 Å². The van der Waals surface area contributed by atoms with Crippen molar-refractivity contribution in [2.24, 2.45) is 11.1 Å². The van der Waals surface area contributed by atoms with Gasteiger partial charge in [-0.3, -0.25) is 0 Å². The van der Waals surface area contributed by atoms with Gasteiger partial charge in [0.2, 0.25) is 0 Å². The topological polar surface area (TPSA) is 50.9 Å². The van der Waals surface area contributed by atoms with Crippen molar-refractivity contribution in [2.45, 2.75) is 25.7 Å². The van der Waals surface area contributed by atoms with Crippen LogP contribution >= 0.6 is 27.5 Å². The molecular formula is C12H17BrClN3. The van der Waals surface area contributed by atoms with Gasteiger partial charge in [-0.1, -0.05) is 24.4 Å². The Morgan fingerprint density at radius 2 is 2.18 bits per heavy atom. The number of anilines is 1. The minimum atomic E-state index is 0.234. The lowest BCUT2D eigenvalue weighted by Crippen LogP contribution is -2.34. The van der Waals surface area contributed by atoms with E-state index in [4.69, 9.17) is 17.3 Å². The lowest BCUT2D eigenvalue weighted by molar-refractivity contribution is 0.332. The summed E-state index contributed by atoms with van der Waals surface area (Å²) in [6.45, 7) is 1.59. The van der Waals surface area contributed by atoms with Crippen LogP contribution in [0.4, 0.5) is 5.82 Å². The Labute approximate surface area is 115 Å². The molecule has 1 aromatic heterocycles. The summed E-state index contributed by atoms with van der Waals surface area (Å²) in [6, 6.07) is 1.85. The second kappa shape index (κ2) is 5.55. The van der Waals surface area contributed by atoms with Gasteiger partial charge in [-0.05, 0) is 46.8 Å². The maximum atomic E-state index is 6.12. The van der Waals surface area contributed by atoms with Gasteiger partial charge < -0.3 is 11.1 Å². The van der Waals surface area contributed by atoms with E-state index in [2.05, 4.69) is 26.2 Å². The molecule has 0 spiro atoms. The number of hydrogen-bond donors (Lipinski definition) is 2. The van der Waals surface area contributed by atoms with Crippen molar-refractivity contribution < 1.29 is 0 Å². The molecule has 3 nitrogen and oxygen atoms in total. The first-order valence-electron chi connectivity index (χ1n) is 5.90. The Morgan fingerprint density at radius 3 is 2.76 bits per heavy atom. The number of halogens is 2. The minimum absolute atomic E-state index is 0.234. The number of nitrogens with zero attached hydrogens (tertiary/aromatic N) is 1. The molecule has 3 N–H and O–H groups in total. The van der Waals surface area contributed by atoms with Crippen molar-refractivity contribution in [3.63, 3.8) is 0 Å². The standard InChI is InChI=1S/C12H17BrClN3/c13-9-5-10(14)11(16-6-9)17-8-12(7-15)3-1-2-4-12/h5-6H,1-4,7-8,15H2,(H,16,17). The first-order chi connectivity index (χ1) is 8.15. The van der Waals surface area contributed by atoms with Crippen molar-refractivity contribution >= 4 is 33.3 Å². The van der Waals surface area contributed by atoms with Crippen LogP contribution in [0.5, 0.6) is 0 Å². The third-order valence-electron chi connectivity index (χ3n) is 3.54. The maximum Gasteiger partial charge on any atom is 0.144 e. The van der Waals surface area contributed by atoms with E-state index in [1.54, 1.807) is 6.20 Å². The summed E-state index contributed by atoms with van der Waals surface area (Å²) in [5, 5.41) is 3.97. The summed E-state index contributed by atoms with van der Waals surface area (Å²) in [4.78, 5) is 4.27. The quantitative estimate of drug-likeness (QED) is 0.894. The second-order valence-corrected chi connectivity index (χ2v) is 6.07. The van der Waals surface area contributed by atoms with Crippen LogP contribution < -0.4 is 11.1 Å². The fraction of sp³-hybridized carbons (Fsp3) is 0.583. The molecule has 1 aliphatic rings. The lowest BCUT2D eigenvalue weighted by Gasteiger charge is -2.27. The average Bonchev–Trinajstić information content (AvgIpc) is 2.77. The third-order valence-corrected chi connectivity index (χ3v) is 4.26. The van der Waals surface area contributed by atoms with E-state index in [-0.39, 0.29) is 5.41 Å². The number of rotatable bonds is 4. The van der Waals surface area contributed by atoms with Crippen LogP contribution in [-0.2, 0) is 0 Å². The third kappa shape index (κ3) is 3.12. The molecule has 1 heterocycles. The van der Waals surface area contributed by atoms with E-state index in [1.165, 1.54) is 25.7 Å². The SMILES string of the molecule is NCC1(CNc2ncc(Br)cc2Cl)CCCC1. The van der Waals surface area contributed by atoms with Crippen LogP contribution in [0.25, 0.3) is 0 Å². The minimum Gasteiger partial charge on any atom is -0.368 e. The highest BCUT2D eigenvalue weighted by Gasteiger charge is 2.32. The van der Waals surface area contributed by atoms with Gasteiger partial charge in [0.05, 0.1) is 5.02 Å². The molecule has 1 saturated carbocycles. The molecule has 0 atom stereocenters. The Morgan fingerprint density at radius 1 is 1.47 bits per heavy atom. The molecule has 0 bridgehead atoms. The Hall–Kier alpha value is -0.320. The Bertz CT molecular complexity index is 391. The second-order valence-electron chi connectivity index (χ2n) is 4.75. The van der Waals surface area contributed by atoms with E-state index in [9.17, 15) is 0 Å². The smallest absolute Gasteiger partial charge is 0.144 e. The molecule has 0 radical (unpaired) electrons. The molecule has 0 saturated heterocycles. The van der Waals surface area contributed by atoms with E-state index in [1.807, 2.05) is 6.07 Å². The van der Waals surface area contributed by atoms with Gasteiger partial charge in [0.1, 0.15) is 5.82 Å². The molecule has 17 heavy (non-hydrogen) atoms. The van der Waals surface area contributed by atoms with E-state index in [0.29, 0.717) is 5.02 Å². The summed E-state index contributed by atoms with van der Waals surface area (Å²) in [6.07, 6.45) is 6.70. The van der Waals surface area contributed by atoms with Crippen LogP contribution in [0, 0.1) is 5.41 Å². The lowest BCUT2D eigenvalue weighted by atomic mass is 9.86. The van der Waals surface area contributed by atoms with Crippen LogP contribution in [0.2, 0.25) is 5.02 Å². The molecule has 1 aromatic rings. The number of hydrogen-bond acceptors (Lipinski definition) is 3. The molecule has 1 aliphatic carbocycles. The van der Waals surface area contributed by atoms with Crippen LogP contribution in [0.1, 0.15) is 25.7 Å². The summed E-state index contributed by atoms with van der Waals surface area (Å²) in [5.74, 6) is 0.745.